The van der Waals surface area contributed by atoms with Gasteiger partial charge in [-0.05, 0) is 19.9 Å². The van der Waals surface area contributed by atoms with E-state index in [4.69, 9.17) is 22.1 Å². The van der Waals surface area contributed by atoms with Crippen LogP contribution in [0.15, 0.2) is 12.3 Å². The van der Waals surface area contributed by atoms with Gasteiger partial charge in [0.25, 0.3) is 0 Å². The summed E-state index contributed by atoms with van der Waals surface area (Å²) in [7, 11) is 1.67. The lowest BCUT2D eigenvalue weighted by atomic mass is 10.1. The van der Waals surface area contributed by atoms with Gasteiger partial charge in [0.15, 0.2) is 5.65 Å². The molecule has 0 unspecified atom stereocenters. The Kier molecular flexibility index (Phi) is 2.97. The van der Waals surface area contributed by atoms with Gasteiger partial charge >= 0.3 is 0 Å². The molecule has 0 aliphatic heterocycles. The van der Waals surface area contributed by atoms with E-state index in [1.807, 2.05) is 18.4 Å². The number of hydrogen-bond donors (Lipinski definition) is 1. The molecule has 0 radical (unpaired) electrons. The Morgan fingerprint density at radius 1 is 1.53 bits per heavy atom. The lowest BCUT2D eigenvalue weighted by Crippen LogP contribution is -2.29. The third kappa shape index (κ3) is 2.35. The molecule has 0 bridgehead atoms. The number of pyridine rings is 1. The zero-order valence-corrected chi connectivity index (χ0v) is 10.8. The fourth-order valence-electron chi connectivity index (χ4n) is 1.61. The first-order valence-electron chi connectivity index (χ1n) is 5.25. The van der Waals surface area contributed by atoms with Crippen molar-refractivity contribution in [3.05, 3.63) is 17.3 Å². The Morgan fingerprint density at radius 3 is 2.88 bits per heavy atom. The third-order valence-electron chi connectivity index (χ3n) is 2.67. The topological polar surface area (TPSA) is 66.0 Å². The van der Waals surface area contributed by atoms with Crippen molar-refractivity contribution < 1.29 is 4.74 Å². The summed E-state index contributed by atoms with van der Waals surface area (Å²) in [6, 6.07) is 1.75. The van der Waals surface area contributed by atoms with E-state index in [1.165, 1.54) is 0 Å². The van der Waals surface area contributed by atoms with E-state index in [0.717, 1.165) is 5.65 Å². The van der Waals surface area contributed by atoms with Gasteiger partial charge < -0.3 is 10.5 Å². The number of anilines is 1. The number of aromatic nitrogens is 3. The molecule has 2 N–H and O–H groups in total. The summed E-state index contributed by atoms with van der Waals surface area (Å²) in [6.07, 6.45) is 1.58. The highest BCUT2D eigenvalue weighted by Crippen LogP contribution is 2.22. The van der Waals surface area contributed by atoms with Crippen LogP contribution in [0.4, 0.5) is 5.95 Å². The predicted molar refractivity (Wildman–Crippen MR) is 68.0 cm³/mol. The molecule has 5 nitrogen and oxygen atoms in total. The lowest BCUT2D eigenvalue weighted by molar-refractivity contribution is 0.00936. The highest BCUT2D eigenvalue weighted by Gasteiger charge is 2.21. The Morgan fingerprint density at radius 2 is 2.24 bits per heavy atom. The van der Waals surface area contributed by atoms with Crippen LogP contribution in [-0.4, -0.2) is 27.2 Å². The molecule has 2 rings (SSSR count). The van der Waals surface area contributed by atoms with E-state index in [9.17, 15) is 0 Å². The zero-order chi connectivity index (χ0) is 12.6. The first kappa shape index (κ1) is 12.1. The average Bonchev–Trinajstić information content (AvgIpc) is 2.54. The highest BCUT2D eigenvalue weighted by molar-refractivity contribution is 6.31. The molecule has 2 aromatic heterocycles. The van der Waals surface area contributed by atoms with Crippen LogP contribution in [0.1, 0.15) is 13.8 Å². The van der Waals surface area contributed by atoms with E-state index in [2.05, 4.69) is 9.97 Å². The molecular formula is C11H15ClN4O. The summed E-state index contributed by atoms with van der Waals surface area (Å²) in [5.74, 6) is 0.417. The van der Waals surface area contributed by atoms with Gasteiger partial charge in [-0.3, -0.25) is 4.57 Å². The molecule has 92 valence electrons. The first-order chi connectivity index (χ1) is 7.93. The molecule has 0 amide bonds. The van der Waals surface area contributed by atoms with Gasteiger partial charge in [0.1, 0.15) is 5.52 Å². The summed E-state index contributed by atoms with van der Waals surface area (Å²) >= 11 is 5.86. The van der Waals surface area contributed by atoms with Gasteiger partial charge in [0.05, 0.1) is 17.2 Å². The van der Waals surface area contributed by atoms with E-state index < -0.39 is 0 Å². The summed E-state index contributed by atoms with van der Waals surface area (Å²) in [4.78, 5) is 8.48. The number of halogens is 1. The minimum absolute atomic E-state index is 0.330. The summed E-state index contributed by atoms with van der Waals surface area (Å²) < 4.78 is 7.21. The second kappa shape index (κ2) is 4.16. The summed E-state index contributed by atoms with van der Waals surface area (Å²) in [6.45, 7) is 4.54. The van der Waals surface area contributed by atoms with Crippen molar-refractivity contribution in [1.29, 1.82) is 0 Å². The molecule has 0 aliphatic rings. The van der Waals surface area contributed by atoms with Crippen LogP contribution in [0, 0.1) is 0 Å². The minimum atomic E-state index is -0.330. The minimum Gasteiger partial charge on any atom is -0.377 e. The van der Waals surface area contributed by atoms with Crippen molar-refractivity contribution in [3.63, 3.8) is 0 Å². The number of methoxy groups -OCH3 is 1. The van der Waals surface area contributed by atoms with Crippen molar-refractivity contribution in [1.82, 2.24) is 14.5 Å². The normalized spacial score (nSPS) is 12.2. The molecule has 0 aromatic carbocycles. The number of fused-ring (bicyclic) bond motifs is 1. The molecule has 0 fully saturated rings. The van der Waals surface area contributed by atoms with Crippen LogP contribution in [0.2, 0.25) is 5.02 Å². The fourth-order valence-corrected chi connectivity index (χ4v) is 1.76. The molecule has 0 spiro atoms. The lowest BCUT2D eigenvalue weighted by Gasteiger charge is -2.23. The van der Waals surface area contributed by atoms with Crippen LogP contribution in [-0.2, 0) is 11.3 Å². The molecule has 0 aliphatic carbocycles. The highest BCUT2D eigenvalue weighted by atomic mass is 35.5. The molecule has 0 saturated heterocycles. The zero-order valence-electron chi connectivity index (χ0n) is 10.1. The Balaban J connectivity index is 2.50. The van der Waals surface area contributed by atoms with Gasteiger partial charge in [0.2, 0.25) is 5.95 Å². The van der Waals surface area contributed by atoms with Gasteiger partial charge in [-0.25, -0.2) is 9.97 Å². The molecule has 2 aromatic rings. The molecule has 2 heterocycles. The van der Waals surface area contributed by atoms with Gasteiger partial charge in [0, 0.05) is 13.3 Å². The van der Waals surface area contributed by atoms with Crippen molar-refractivity contribution in [2.45, 2.75) is 26.0 Å². The second-order valence-electron chi connectivity index (χ2n) is 4.52. The maximum absolute atomic E-state index is 5.88. The maximum atomic E-state index is 5.88. The van der Waals surface area contributed by atoms with Crippen LogP contribution < -0.4 is 5.73 Å². The monoisotopic (exact) mass is 254 g/mol. The SMILES string of the molecule is COC(C)(C)Cn1c(N)nc2cc(Cl)cnc21. The van der Waals surface area contributed by atoms with Crippen molar-refractivity contribution >= 4 is 28.7 Å². The summed E-state index contributed by atoms with van der Waals surface area (Å²) in [5, 5.41) is 0.549. The predicted octanol–water partition coefficient (Wildman–Crippen LogP) is 2.09. The van der Waals surface area contributed by atoms with E-state index >= 15 is 0 Å². The van der Waals surface area contributed by atoms with Gasteiger partial charge in [-0.2, -0.15) is 0 Å². The third-order valence-corrected chi connectivity index (χ3v) is 2.88. The standard InChI is InChI=1S/C11H15ClN4O/c1-11(2,17-3)6-16-9-8(15-10(16)13)4-7(12)5-14-9/h4-5H,6H2,1-3H3,(H2,13,15). The Bertz CT molecular complexity index is 550. The Hall–Kier alpha value is -1.33. The summed E-state index contributed by atoms with van der Waals surface area (Å²) in [5.41, 5.74) is 6.96. The van der Waals surface area contributed by atoms with Gasteiger partial charge in [-0.1, -0.05) is 11.6 Å². The number of nitrogen functional groups attached to an aromatic ring is 1. The average molecular weight is 255 g/mol. The van der Waals surface area contributed by atoms with E-state index in [-0.39, 0.29) is 5.60 Å². The number of nitrogens with zero attached hydrogens (tertiary/aromatic N) is 3. The first-order valence-corrected chi connectivity index (χ1v) is 5.63. The van der Waals surface area contributed by atoms with Crippen LogP contribution in [0.5, 0.6) is 0 Å². The van der Waals surface area contributed by atoms with Gasteiger partial charge in [-0.15, -0.1) is 0 Å². The fraction of sp³-hybridized carbons (Fsp3) is 0.455. The molecule has 6 heteroatoms. The molecular weight excluding hydrogens is 240 g/mol. The molecule has 0 saturated carbocycles. The maximum Gasteiger partial charge on any atom is 0.202 e. The second-order valence-corrected chi connectivity index (χ2v) is 4.95. The van der Waals surface area contributed by atoms with Crippen molar-refractivity contribution in [3.8, 4) is 0 Å². The van der Waals surface area contributed by atoms with Crippen LogP contribution >= 0.6 is 11.6 Å². The smallest absolute Gasteiger partial charge is 0.202 e. The van der Waals surface area contributed by atoms with Crippen LogP contribution in [0.25, 0.3) is 11.2 Å². The molecule has 0 atom stereocenters. The number of nitrogens with two attached hydrogens (primary N) is 1. The van der Waals surface area contributed by atoms with Crippen molar-refractivity contribution in [2.75, 3.05) is 12.8 Å². The Labute approximate surface area is 105 Å². The van der Waals surface area contributed by atoms with E-state index in [1.54, 1.807) is 19.4 Å². The number of hydrogen-bond acceptors (Lipinski definition) is 4. The largest absolute Gasteiger partial charge is 0.377 e. The number of ether oxygens (including phenoxy) is 1. The van der Waals surface area contributed by atoms with Crippen LogP contribution in [0.3, 0.4) is 0 Å². The quantitative estimate of drug-likeness (QED) is 0.911. The van der Waals surface area contributed by atoms with E-state index in [0.29, 0.717) is 23.0 Å². The number of imidazole rings is 1. The number of rotatable bonds is 3. The molecule has 17 heavy (non-hydrogen) atoms. The van der Waals surface area contributed by atoms with Crippen molar-refractivity contribution in [2.24, 2.45) is 0 Å².